The Bertz CT molecular complexity index is 693. The van der Waals surface area contributed by atoms with Crippen molar-refractivity contribution in [3.63, 3.8) is 0 Å². The summed E-state index contributed by atoms with van der Waals surface area (Å²) in [6.45, 7) is 5.24. The molecule has 0 bridgehead atoms. The van der Waals surface area contributed by atoms with E-state index in [2.05, 4.69) is 25.7 Å². The molecule has 0 saturated heterocycles. The Morgan fingerprint density at radius 3 is 2.72 bits per heavy atom. The van der Waals surface area contributed by atoms with E-state index >= 15 is 0 Å². The third-order valence-corrected chi connectivity index (χ3v) is 3.70. The highest BCUT2D eigenvalue weighted by Gasteiger charge is 2.24. The molecule has 0 aromatic carbocycles. The van der Waals surface area contributed by atoms with E-state index in [1.165, 1.54) is 0 Å². The van der Waals surface area contributed by atoms with Crippen LogP contribution in [0.3, 0.4) is 0 Å². The molecule has 0 saturated carbocycles. The second-order valence-electron chi connectivity index (χ2n) is 5.93. The minimum Gasteiger partial charge on any atom is -0.481 e. The van der Waals surface area contributed by atoms with Crippen LogP contribution in [0.25, 0.3) is 0 Å². The van der Waals surface area contributed by atoms with Gasteiger partial charge in [-0.05, 0) is 19.4 Å². The van der Waals surface area contributed by atoms with E-state index in [4.69, 9.17) is 4.74 Å². The van der Waals surface area contributed by atoms with Crippen LogP contribution in [0.15, 0.2) is 35.7 Å². The normalized spacial score (nSPS) is 14.0. The average molecular weight is 346 g/mol. The fraction of sp³-hybridized carbons (Fsp3) is 0.471. The summed E-state index contributed by atoms with van der Waals surface area (Å²) in [6.07, 6.45) is 5.20. The van der Waals surface area contributed by atoms with Crippen LogP contribution in [0.5, 0.6) is 5.88 Å². The first-order valence-electron chi connectivity index (χ1n) is 8.17. The van der Waals surface area contributed by atoms with Crippen LogP contribution in [-0.2, 0) is 19.2 Å². The molecule has 0 aliphatic heterocycles. The zero-order valence-electron chi connectivity index (χ0n) is 15.2. The van der Waals surface area contributed by atoms with E-state index in [0.29, 0.717) is 24.9 Å². The zero-order valence-corrected chi connectivity index (χ0v) is 15.2. The van der Waals surface area contributed by atoms with Gasteiger partial charge in [0.25, 0.3) is 0 Å². The molecule has 0 spiro atoms. The molecule has 8 nitrogen and oxygen atoms in total. The molecule has 0 fully saturated rings. The summed E-state index contributed by atoms with van der Waals surface area (Å²) in [5.41, 5.74) is 0.668. The Morgan fingerprint density at radius 2 is 2.16 bits per heavy atom. The number of hydrogen-bond acceptors (Lipinski definition) is 5. The van der Waals surface area contributed by atoms with Crippen molar-refractivity contribution < 1.29 is 9.84 Å². The minimum absolute atomic E-state index is 0.311. The molecule has 0 aliphatic rings. The SMILES string of the molecule is CCNC(=NCc1ccc(OC)nc1)NCC(C)(O)c1cnn(C)c1. The average Bonchev–Trinajstić information content (AvgIpc) is 3.05. The van der Waals surface area contributed by atoms with Crippen molar-refractivity contribution in [1.29, 1.82) is 0 Å². The topological polar surface area (TPSA) is 96.6 Å². The Kier molecular flexibility index (Phi) is 6.35. The predicted molar refractivity (Wildman–Crippen MR) is 96.4 cm³/mol. The first-order valence-corrected chi connectivity index (χ1v) is 8.17. The Labute approximate surface area is 148 Å². The van der Waals surface area contributed by atoms with Gasteiger partial charge in [-0.1, -0.05) is 6.07 Å². The van der Waals surface area contributed by atoms with Crippen LogP contribution in [0, 0.1) is 0 Å². The number of nitrogens with one attached hydrogen (secondary N) is 2. The molecule has 0 aliphatic carbocycles. The van der Waals surface area contributed by atoms with Crippen molar-refractivity contribution >= 4 is 5.96 Å². The minimum atomic E-state index is -1.05. The molecule has 136 valence electrons. The number of methoxy groups -OCH3 is 1. The Hall–Kier alpha value is -2.61. The molecular formula is C17H26N6O2. The quantitative estimate of drug-likeness (QED) is 0.507. The smallest absolute Gasteiger partial charge is 0.212 e. The van der Waals surface area contributed by atoms with Gasteiger partial charge in [-0.2, -0.15) is 5.10 Å². The summed E-state index contributed by atoms with van der Waals surface area (Å²) in [5, 5.41) is 21.1. The van der Waals surface area contributed by atoms with Crippen LogP contribution < -0.4 is 15.4 Å². The molecule has 25 heavy (non-hydrogen) atoms. The standard InChI is InChI=1S/C17H26N6O2/c1-5-18-16(20-9-13-6-7-15(25-4)19-8-13)21-12-17(2,24)14-10-22-23(3)11-14/h6-8,10-11,24H,5,9,12H2,1-4H3,(H2,18,20,21). The summed E-state index contributed by atoms with van der Waals surface area (Å²) in [4.78, 5) is 8.69. The number of guanidine groups is 1. The van der Waals surface area contributed by atoms with Crippen molar-refractivity contribution in [2.75, 3.05) is 20.2 Å². The largest absolute Gasteiger partial charge is 0.481 e. The zero-order chi connectivity index (χ0) is 18.3. The van der Waals surface area contributed by atoms with Gasteiger partial charge in [0, 0.05) is 37.6 Å². The molecule has 1 atom stereocenters. The number of aliphatic imine (C=N–C) groups is 1. The van der Waals surface area contributed by atoms with E-state index in [-0.39, 0.29) is 0 Å². The van der Waals surface area contributed by atoms with Gasteiger partial charge in [-0.3, -0.25) is 4.68 Å². The van der Waals surface area contributed by atoms with E-state index < -0.39 is 5.60 Å². The number of aliphatic hydroxyl groups is 1. The predicted octanol–water partition coefficient (Wildman–Crippen LogP) is 0.787. The van der Waals surface area contributed by atoms with E-state index in [0.717, 1.165) is 17.7 Å². The maximum Gasteiger partial charge on any atom is 0.212 e. The number of nitrogens with zero attached hydrogens (tertiary/aromatic N) is 4. The maximum atomic E-state index is 10.6. The molecule has 0 amide bonds. The molecule has 2 rings (SSSR count). The highest BCUT2D eigenvalue weighted by atomic mass is 16.5. The lowest BCUT2D eigenvalue weighted by atomic mass is 10.00. The lowest BCUT2D eigenvalue weighted by Gasteiger charge is -2.23. The molecule has 0 radical (unpaired) electrons. The highest BCUT2D eigenvalue weighted by Crippen LogP contribution is 2.18. The van der Waals surface area contributed by atoms with Crippen molar-refractivity contribution in [1.82, 2.24) is 25.4 Å². The highest BCUT2D eigenvalue weighted by molar-refractivity contribution is 5.79. The van der Waals surface area contributed by atoms with Gasteiger partial charge >= 0.3 is 0 Å². The van der Waals surface area contributed by atoms with Crippen LogP contribution in [0.1, 0.15) is 25.0 Å². The van der Waals surface area contributed by atoms with Crippen molar-refractivity contribution in [3.05, 3.63) is 41.9 Å². The summed E-state index contributed by atoms with van der Waals surface area (Å²) in [5.74, 6) is 1.20. The lowest BCUT2D eigenvalue weighted by molar-refractivity contribution is 0.0616. The Morgan fingerprint density at radius 1 is 1.36 bits per heavy atom. The van der Waals surface area contributed by atoms with Gasteiger partial charge in [0.15, 0.2) is 5.96 Å². The van der Waals surface area contributed by atoms with Crippen LogP contribution in [0.2, 0.25) is 0 Å². The van der Waals surface area contributed by atoms with Gasteiger partial charge in [0.1, 0.15) is 5.60 Å². The third kappa shape index (κ3) is 5.46. The summed E-state index contributed by atoms with van der Waals surface area (Å²) in [6, 6.07) is 3.73. The van der Waals surface area contributed by atoms with Gasteiger partial charge in [0.05, 0.1) is 26.4 Å². The third-order valence-electron chi connectivity index (χ3n) is 3.70. The monoisotopic (exact) mass is 346 g/mol. The van der Waals surface area contributed by atoms with Crippen molar-refractivity contribution in [2.45, 2.75) is 26.0 Å². The molecule has 3 N–H and O–H groups in total. The first kappa shape index (κ1) is 18.7. The van der Waals surface area contributed by atoms with E-state index in [1.807, 2.05) is 20.0 Å². The fourth-order valence-corrected chi connectivity index (χ4v) is 2.19. The number of pyridine rings is 1. The number of aryl methyl sites for hydroxylation is 1. The molecule has 1 unspecified atom stereocenters. The summed E-state index contributed by atoms with van der Waals surface area (Å²) < 4.78 is 6.71. The van der Waals surface area contributed by atoms with E-state index in [1.54, 1.807) is 43.4 Å². The van der Waals surface area contributed by atoms with Gasteiger partial charge in [-0.25, -0.2) is 9.98 Å². The van der Waals surface area contributed by atoms with Gasteiger partial charge in [-0.15, -0.1) is 0 Å². The van der Waals surface area contributed by atoms with E-state index in [9.17, 15) is 5.11 Å². The van der Waals surface area contributed by atoms with Crippen molar-refractivity contribution in [3.8, 4) is 5.88 Å². The Balaban J connectivity index is 1.99. The summed E-state index contributed by atoms with van der Waals surface area (Å²) >= 11 is 0. The molecule has 2 heterocycles. The number of hydrogen-bond donors (Lipinski definition) is 3. The number of ether oxygens (including phenoxy) is 1. The van der Waals surface area contributed by atoms with Gasteiger partial charge in [0.2, 0.25) is 5.88 Å². The van der Waals surface area contributed by atoms with Crippen LogP contribution >= 0.6 is 0 Å². The second-order valence-corrected chi connectivity index (χ2v) is 5.93. The van der Waals surface area contributed by atoms with Gasteiger partial charge < -0.3 is 20.5 Å². The molecule has 2 aromatic heterocycles. The molecular weight excluding hydrogens is 320 g/mol. The van der Waals surface area contributed by atoms with Crippen molar-refractivity contribution in [2.24, 2.45) is 12.0 Å². The first-order chi connectivity index (χ1) is 11.9. The number of rotatable bonds is 7. The van der Waals surface area contributed by atoms with Crippen LogP contribution in [0.4, 0.5) is 0 Å². The number of aromatic nitrogens is 3. The molecule has 2 aromatic rings. The summed E-state index contributed by atoms with van der Waals surface area (Å²) in [7, 11) is 3.41. The fourth-order valence-electron chi connectivity index (χ4n) is 2.19. The molecule has 8 heteroatoms. The maximum absolute atomic E-state index is 10.6. The second kappa shape index (κ2) is 8.48. The lowest BCUT2D eigenvalue weighted by Crippen LogP contribution is -2.44. The van der Waals surface area contributed by atoms with Crippen LogP contribution in [-0.4, -0.2) is 46.0 Å².